The molecule has 0 aliphatic carbocycles. The predicted octanol–water partition coefficient (Wildman–Crippen LogP) is 2.78. The molecule has 2 aromatic rings. The summed E-state index contributed by atoms with van der Waals surface area (Å²) in [5.41, 5.74) is 2.27. The first-order valence-corrected chi connectivity index (χ1v) is 10.4. The molecule has 1 atom stereocenters. The number of amides is 3. The van der Waals surface area contributed by atoms with E-state index in [4.69, 9.17) is 9.84 Å². The van der Waals surface area contributed by atoms with Crippen LogP contribution in [0.2, 0.25) is 0 Å². The van der Waals surface area contributed by atoms with Gasteiger partial charge < -0.3 is 14.7 Å². The fourth-order valence-corrected chi connectivity index (χ4v) is 3.67. The molecule has 1 N–H and O–H groups in total. The van der Waals surface area contributed by atoms with Crippen molar-refractivity contribution < 1.29 is 29.0 Å². The number of carboxylic acid groups (broad SMARTS) is 1. The van der Waals surface area contributed by atoms with Crippen molar-refractivity contribution in [2.75, 3.05) is 12.0 Å². The van der Waals surface area contributed by atoms with Gasteiger partial charge in [0.2, 0.25) is 11.8 Å². The molecule has 0 saturated carbocycles. The molecule has 0 aromatic heterocycles. The Kier molecular flexibility index (Phi) is 7.25. The van der Waals surface area contributed by atoms with Gasteiger partial charge in [0.15, 0.2) is 0 Å². The Morgan fingerprint density at radius 2 is 1.66 bits per heavy atom. The predicted molar refractivity (Wildman–Crippen MR) is 117 cm³/mol. The van der Waals surface area contributed by atoms with Gasteiger partial charge in [-0.1, -0.05) is 31.2 Å². The number of ether oxygens (including phenoxy) is 1. The maximum absolute atomic E-state index is 13.2. The van der Waals surface area contributed by atoms with Gasteiger partial charge in [-0.2, -0.15) is 0 Å². The van der Waals surface area contributed by atoms with Gasteiger partial charge in [0, 0.05) is 13.0 Å². The highest BCUT2D eigenvalue weighted by Gasteiger charge is 2.44. The number of imide groups is 1. The number of aryl methyl sites for hydroxylation is 1. The van der Waals surface area contributed by atoms with E-state index in [0.717, 1.165) is 22.4 Å². The third-order valence-electron chi connectivity index (χ3n) is 5.49. The third kappa shape index (κ3) is 5.14. The van der Waals surface area contributed by atoms with Gasteiger partial charge in [0.1, 0.15) is 11.8 Å². The number of carbonyl (C=O) groups excluding carboxylic acids is 3. The smallest absolute Gasteiger partial charge is 0.303 e. The molecule has 8 nitrogen and oxygen atoms in total. The summed E-state index contributed by atoms with van der Waals surface area (Å²) in [5, 5.41) is 8.97. The lowest BCUT2D eigenvalue weighted by atomic mass is 10.1. The zero-order valence-corrected chi connectivity index (χ0v) is 18.1. The molecule has 1 fully saturated rings. The number of methoxy groups -OCH3 is 1. The van der Waals surface area contributed by atoms with E-state index in [1.54, 1.807) is 43.5 Å². The molecule has 168 valence electrons. The summed E-state index contributed by atoms with van der Waals surface area (Å²) in [6, 6.07) is 13.2. The molecule has 1 aliphatic heterocycles. The van der Waals surface area contributed by atoms with E-state index in [1.165, 1.54) is 4.90 Å². The fourth-order valence-electron chi connectivity index (χ4n) is 3.67. The first kappa shape index (κ1) is 23.0. The number of benzene rings is 2. The van der Waals surface area contributed by atoms with Crippen LogP contribution in [0.4, 0.5) is 5.69 Å². The van der Waals surface area contributed by atoms with Gasteiger partial charge in [-0.05, 0) is 41.8 Å². The molecule has 1 unspecified atom stereocenters. The number of rotatable bonds is 9. The van der Waals surface area contributed by atoms with Crippen LogP contribution in [-0.2, 0) is 32.1 Å². The summed E-state index contributed by atoms with van der Waals surface area (Å²) < 4.78 is 5.15. The molecule has 2 aromatic carbocycles. The Labute approximate surface area is 186 Å². The molecule has 0 spiro atoms. The molecule has 1 aliphatic rings. The van der Waals surface area contributed by atoms with Crippen molar-refractivity contribution >= 4 is 29.4 Å². The normalized spacial score (nSPS) is 15.7. The first-order chi connectivity index (χ1) is 15.3. The molecule has 32 heavy (non-hydrogen) atoms. The van der Waals surface area contributed by atoms with Crippen LogP contribution >= 0.6 is 0 Å². The van der Waals surface area contributed by atoms with Gasteiger partial charge in [0.05, 0.1) is 25.6 Å². The van der Waals surface area contributed by atoms with Crippen LogP contribution in [0, 0.1) is 0 Å². The number of carbonyl (C=O) groups is 4. The van der Waals surface area contributed by atoms with Crippen LogP contribution in [-0.4, -0.2) is 46.8 Å². The van der Waals surface area contributed by atoms with Crippen molar-refractivity contribution in [1.82, 2.24) is 4.90 Å². The summed E-state index contributed by atoms with van der Waals surface area (Å²) >= 11 is 0. The minimum atomic E-state index is -1.10. The molecule has 1 saturated heterocycles. The van der Waals surface area contributed by atoms with Crippen LogP contribution in [0.25, 0.3) is 0 Å². The summed E-state index contributed by atoms with van der Waals surface area (Å²) in [5.74, 6) is -1.83. The Balaban J connectivity index is 1.86. The molecule has 3 rings (SSSR count). The standard InChI is InChI=1S/C24H26N2O6/c1-3-16-4-8-18(9-5-16)26-22(28)14-20(24(26)31)25(21(27)12-13-23(29)30)15-17-6-10-19(32-2)11-7-17/h4-11,20H,3,12-15H2,1-2H3,(H,29,30). The van der Waals surface area contributed by atoms with Crippen LogP contribution in [0.5, 0.6) is 5.75 Å². The Bertz CT molecular complexity index is 1000. The molecular weight excluding hydrogens is 412 g/mol. The van der Waals surface area contributed by atoms with E-state index >= 15 is 0 Å². The van der Waals surface area contributed by atoms with E-state index in [1.807, 2.05) is 19.1 Å². The summed E-state index contributed by atoms with van der Waals surface area (Å²) in [7, 11) is 1.54. The van der Waals surface area contributed by atoms with E-state index in [0.29, 0.717) is 11.4 Å². The second-order valence-corrected chi connectivity index (χ2v) is 7.57. The van der Waals surface area contributed by atoms with Crippen LogP contribution in [0.15, 0.2) is 48.5 Å². The Morgan fingerprint density at radius 3 is 2.22 bits per heavy atom. The van der Waals surface area contributed by atoms with E-state index < -0.39 is 29.7 Å². The second-order valence-electron chi connectivity index (χ2n) is 7.57. The van der Waals surface area contributed by atoms with Crippen molar-refractivity contribution in [3.8, 4) is 5.75 Å². The topological polar surface area (TPSA) is 104 Å². The van der Waals surface area contributed by atoms with Crippen molar-refractivity contribution in [2.24, 2.45) is 0 Å². The SMILES string of the molecule is CCc1ccc(N2C(=O)CC(N(Cc3ccc(OC)cc3)C(=O)CCC(=O)O)C2=O)cc1. The van der Waals surface area contributed by atoms with E-state index in [2.05, 4.69) is 0 Å². The lowest BCUT2D eigenvalue weighted by Crippen LogP contribution is -2.45. The molecule has 3 amide bonds. The van der Waals surface area contributed by atoms with Crippen molar-refractivity contribution in [3.05, 3.63) is 59.7 Å². The number of aliphatic carboxylic acids is 1. The maximum atomic E-state index is 13.2. The highest BCUT2D eigenvalue weighted by atomic mass is 16.5. The second kappa shape index (κ2) is 10.1. The van der Waals surface area contributed by atoms with Crippen LogP contribution in [0.1, 0.15) is 37.3 Å². The van der Waals surface area contributed by atoms with Crippen molar-refractivity contribution in [1.29, 1.82) is 0 Å². The average Bonchev–Trinajstić information content (AvgIpc) is 3.09. The summed E-state index contributed by atoms with van der Waals surface area (Å²) in [4.78, 5) is 52.2. The van der Waals surface area contributed by atoms with Crippen molar-refractivity contribution in [3.63, 3.8) is 0 Å². The monoisotopic (exact) mass is 438 g/mol. The van der Waals surface area contributed by atoms with Gasteiger partial charge in [-0.15, -0.1) is 0 Å². The highest BCUT2D eigenvalue weighted by Crippen LogP contribution is 2.28. The molecule has 1 heterocycles. The number of anilines is 1. The maximum Gasteiger partial charge on any atom is 0.303 e. The third-order valence-corrected chi connectivity index (χ3v) is 5.49. The molecule has 8 heteroatoms. The van der Waals surface area contributed by atoms with E-state index in [-0.39, 0.29) is 25.8 Å². The van der Waals surface area contributed by atoms with Gasteiger partial charge >= 0.3 is 5.97 Å². The lowest BCUT2D eigenvalue weighted by molar-refractivity contribution is -0.143. The molecule has 0 bridgehead atoms. The van der Waals surface area contributed by atoms with Gasteiger partial charge in [-0.3, -0.25) is 19.2 Å². The van der Waals surface area contributed by atoms with Crippen molar-refractivity contribution in [2.45, 2.75) is 45.2 Å². The van der Waals surface area contributed by atoms with Crippen LogP contribution < -0.4 is 9.64 Å². The fraction of sp³-hybridized carbons (Fsp3) is 0.333. The highest BCUT2D eigenvalue weighted by molar-refractivity contribution is 6.23. The summed E-state index contributed by atoms with van der Waals surface area (Å²) in [6.45, 7) is 2.09. The number of carboxylic acids is 1. The zero-order valence-electron chi connectivity index (χ0n) is 18.1. The van der Waals surface area contributed by atoms with Gasteiger partial charge in [-0.25, -0.2) is 4.90 Å². The lowest BCUT2D eigenvalue weighted by Gasteiger charge is -2.28. The quantitative estimate of drug-likeness (QED) is 0.604. The zero-order chi connectivity index (χ0) is 23.3. The Hall–Kier alpha value is -3.68. The minimum Gasteiger partial charge on any atom is -0.497 e. The summed E-state index contributed by atoms with van der Waals surface area (Å²) in [6.07, 6.45) is 0.0749. The number of nitrogens with zero attached hydrogens (tertiary/aromatic N) is 2. The Morgan fingerprint density at radius 1 is 1.03 bits per heavy atom. The van der Waals surface area contributed by atoms with Crippen LogP contribution in [0.3, 0.4) is 0 Å². The number of hydrogen-bond donors (Lipinski definition) is 1. The average molecular weight is 438 g/mol. The van der Waals surface area contributed by atoms with Gasteiger partial charge in [0.25, 0.3) is 5.91 Å². The minimum absolute atomic E-state index is 0.0781. The number of hydrogen-bond acceptors (Lipinski definition) is 5. The molecular formula is C24H26N2O6. The molecule has 0 radical (unpaired) electrons. The first-order valence-electron chi connectivity index (χ1n) is 10.4. The largest absolute Gasteiger partial charge is 0.497 e. The van der Waals surface area contributed by atoms with E-state index in [9.17, 15) is 19.2 Å².